The number of aromatic nitrogens is 3. The standard InChI is InChI=1S/C27H25N5O3/c1-17-4-2-5-18(12-17)15-29-27(35)32-24(19-7-8-19)14-23(31-32)22-10-9-21(13-25(22)33)30-26(34)20-6-3-11-28-16-20/h2-6,9-14,16,19,33H,7-8,15H2,1H3,(H,29,35)(H,30,34). The van der Waals surface area contributed by atoms with E-state index in [-0.39, 0.29) is 23.6 Å². The second-order valence-electron chi connectivity index (χ2n) is 8.72. The van der Waals surface area contributed by atoms with Crippen LogP contribution < -0.4 is 10.6 Å². The minimum atomic E-state index is -0.323. The molecule has 1 fully saturated rings. The maximum atomic E-state index is 13.0. The van der Waals surface area contributed by atoms with Crippen LogP contribution in [-0.4, -0.2) is 31.8 Å². The monoisotopic (exact) mass is 467 g/mol. The summed E-state index contributed by atoms with van der Waals surface area (Å²) in [6.07, 6.45) is 5.07. The van der Waals surface area contributed by atoms with Gasteiger partial charge in [-0.1, -0.05) is 29.8 Å². The predicted octanol–water partition coefficient (Wildman–Crippen LogP) is 4.85. The van der Waals surface area contributed by atoms with Gasteiger partial charge in [0.15, 0.2) is 0 Å². The first-order valence-corrected chi connectivity index (χ1v) is 11.5. The molecule has 0 atom stereocenters. The molecule has 0 bridgehead atoms. The van der Waals surface area contributed by atoms with Crippen LogP contribution in [0.5, 0.6) is 5.75 Å². The molecule has 0 unspecified atom stereocenters. The molecule has 0 aliphatic heterocycles. The van der Waals surface area contributed by atoms with Gasteiger partial charge in [-0.25, -0.2) is 4.79 Å². The minimum Gasteiger partial charge on any atom is -0.507 e. The summed E-state index contributed by atoms with van der Waals surface area (Å²) in [4.78, 5) is 29.3. The zero-order chi connectivity index (χ0) is 24.4. The number of nitrogens with zero attached hydrogens (tertiary/aromatic N) is 3. The molecule has 0 radical (unpaired) electrons. The first-order valence-electron chi connectivity index (χ1n) is 11.5. The number of benzene rings is 2. The van der Waals surface area contributed by atoms with E-state index in [2.05, 4.69) is 20.7 Å². The Balaban J connectivity index is 1.35. The van der Waals surface area contributed by atoms with Crippen molar-refractivity contribution >= 4 is 17.6 Å². The van der Waals surface area contributed by atoms with Gasteiger partial charge in [0.1, 0.15) is 5.75 Å². The topological polar surface area (TPSA) is 109 Å². The minimum absolute atomic E-state index is 0.0406. The molecule has 8 heteroatoms. The lowest BCUT2D eigenvalue weighted by Gasteiger charge is -2.09. The Labute approximate surface area is 202 Å². The number of phenolic OH excluding ortho intramolecular Hbond substituents is 1. The van der Waals surface area contributed by atoms with E-state index < -0.39 is 0 Å². The summed E-state index contributed by atoms with van der Waals surface area (Å²) >= 11 is 0. The molecule has 1 aliphatic rings. The maximum absolute atomic E-state index is 13.0. The molecule has 5 rings (SSSR count). The Hall–Kier alpha value is -4.46. The fourth-order valence-electron chi connectivity index (χ4n) is 3.96. The third-order valence-electron chi connectivity index (χ3n) is 5.91. The highest BCUT2D eigenvalue weighted by Gasteiger charge is 2.30. The molecule has 1 aliphatic carbocycles. The fourth-order valence-corrected chi connectivity index (χ4v) is 3.96. The van der Waals surface area contributed by atoms with Crippen LogP contribution in [0.15, 0.2) is 73.1 Å². The quantitative estimate of drug-likeness (QED) is 0.376. The Morgan fingerprint density at radius 3 is 2.66 bits per heavy atom. The Bertz CT molecular complexity index is 1390. The summed E-state index contributed by atoms with van der Waals surface area (Å²) in [6, 6.07) is 17.7. The fraction of sp³-hybridized carbons (Fsp3) is 0.185. The number of rotatable bonds is 6. The molecule has 0 saturated heterocycles. The van der Waals surface area contributed by atoms with Crippen molar-refractivity contribution in [3.63, 3.8) is 0 Å². The summed E-state index contributed by atoms with van der Waals surface area (Å²) in [7, 11) is 0. The van der Waals surface area contributed by atoms with Crippen LogP contribution in [0.4, 0.5) is 10.5 Å². The van der Waals surface area contributed by atoms with Crippen molar-refractivity contribution in [2.75, 3.05) is 5.32 Å². The molecule has 1 saturated carbocycles. The third kappa shape index (κ3) is 5.06. The predicted molar refractivity (Wildman–Crippen MR) is 132 cm³/mol. The van der Waals surface area contributed by atoms with Crippen molar-refractivity contribution in [1.82, 2.24) is 20.1 Å². The van der Waals surface area contributed by atoms with Crippen LogP contribution in [0.25, 0.3) is 11.3 Å². The van der Waals surface area contributed by atoms with Crippen molar-refractivity contribution < 1.29 is 14.7 Å². The molecule has 2 aromatic carbocycles. The molecule has 4 aromatic rings. The van der Waals surface area contributed by atoms with Gasteiger partial charge < -0.3 is 15.7 Å². The van der Waals surface area contributed by atoms with E-state index in [1.54, 1.807) is 30.5 Å². The van der Waals surface area contributed by atoms with E-state index in [4.69, 9.17) is 0 Å². The van der Waals surface area contributed by atoms with Crippen LogP contribution in [0.3, 0.4) is 0 Å². The number of carbonyl (C=O) groups is 2. The molecular formula is C27H25N5O3. The molecule has 8 nitrogen and oxygen atoms in total. The zero-order valence-corrected chi connectivity index (χ0v) is 19.2. The lowest BCUT2D eigenvalue weighted by molar-refractivity contribution is 0.102. The Kier molecular flexibility index (Phi) is 6.01. The molecule has 35 heavy (non-hydrogen) atoms. The Morgan fingerprint density at radius 1 is 1.09 bits per heavy atom. The average Bonchev–Trinajstić information content (AvgIpc) is 3.61. The summed E-state index contributed by atoms with van der Waals surface area (Å²) in [5.74, 6) is -0.0851. The number of pyridine rings is 1. The van der Waals surface area contributed by atoms with E-state index in [0.717, 1.165) is 29.7 Å². The smallest absolute Gasteiger partial charge is 0.342 e. The molecule has 2 aromatic heterocycles. The number of hydrogen-bond acceptors (Lipinski definition) is 5. The molecule has 176 valence electrons. The van der Waals surface area contributed by atoms with Crippen LogP contribution in [0, 0.1) is 6.92 Å². The summed E-state index contributed by atoms with van der Waals surface area (Å²) in [5, 5.41) is 20.9. The van der Waals surface area contributed by atoms with Crippen molar-refractivity contribution in [2.24, 2.45) is 0 Å². The van der Waals surface area contributed by atoms with Crippen LogP contribution in [-0.2, 0) is 6.54 Å². The number of carbonyl (C=O) groups excluding carboxylic acids is 2. The van der Waals surface area contributed by atoms with E-state index in [1.165, 1.54) is 16.9 Å². The first-order chi connectivity index (χ1) is 17.0. The molecule has 2 amide bonds. The van der Waals surface area contributed by atoms with Gasteiger partial charge in [0.05, 0.1) is 17.0 Å². The molecular weight excluding hydrogens is 442 g/mol. The van der Waals surface area contributed by atoms with Gasteiger partial charge in [-0.2, -0.15) is 9.78 Å². The first kappa shape index (κ1) is 22.3. The van der Waals surface area contributed by atoms with Gasteiger partial charge in [-0.15, -0.1) is 0 Å². The lowest BCUT2D eigenvalue weighted by atomic mass is 10.1. The third-order valence-corrected chi connectivity index (χ3v) is 5.91. The van der Waals surface area contributed by atoms with Gasteiger partial charge in [0, 0.05) is 42.2 Å². The average molecular weight is 468 g/mol. The molecule has 0 spiro atoms. The largest absolute Gasteiger partial charge is 0.507 e. The number of anilines is 1. The number of amides is 2. The highest BCUT2D eigenvalue weighted by Crippen LogP contribution is 2.42. The van der Waals surface area contributed by atoms with Crippen molar-refractivity contribution in [1.29, 1.82) is 0 Å². The van der Waals surface area contributed by atoms with Gasteiger partial charge in [0.2, 0.25) is 0 Å². The molecule has 2 heterocycles. The SMILES string of the molecule is Cc1cccc(CNC(=O)n2nc(-c3ccc(NC(=O)c4cccnc4)cc3O)cc2C2CC2)c1. The number of hydrogen-bond donors (Lipinski definition) is 3. The highest BCUT2D eigenvalue weighted by atomic mass is 16.3. The van der Waals surface area contributed by atoms with Crippen LogP contribution in [0.1, 0.15) is 45.9 Å². The number of aryl methyl sites for hydroxylation is 1. The van der Waals surface area contributed by atoms with Crippen molar-refractivity contribution in [3.8, 4) is 17.0 Å². The van der Waals surface area contributed by atoms with Crippen LogP contribution in [0.2, 0.25) is 0 Å². The van der Waals surface area contributed by atoms with Gasteiger partial charge in [0.25, 0.3) is 5.91 Å². The summed E-state index contributed by atoms with van der Waals surface area (Å²) in [5.41, 5.74) is 4.82. The number of phenols is 1. The Morgan fingerprint density at radius 2 is 1.94 bits per heavy atom. The van der Waals surface area contributed by atoms with Gasteiger partial charge >= 0.3 is 6.03 Å². The summed E-state index contributed by atoms with van der Waals surface area (Å²) in [6.45, 7) is 2.41. The van der Waals surface area contributed by atoms with E-state index in [1.807, 2.05) is 37.3 Å². The molecule has 3 N–H and O–H groups in total. The van der Waals surface area contributed by atoms with Gasteiger partial charge in [-0.05, 0) is 55.7 Å². The van der Waals surface area contributed by atoms with E-state index in [9.17, 15) is 14.7 Å². The second-order valence-corrected chi connectivity index (χ2v) is 8.72. The lowest BCUT2D eigenvalue weighted by Crippen LogP contribution is -2.30. The van der Waals surface area contributed by atoms with E-state index >= 15 is 0 Å². The van der Waals surface area contributed by atoms with E-state index in [0.29, 0.717) is 29.1 Å². The maximum Gasteiger partial charge on any atom is 0.342 e. The number of aromatic hydroxyl groups is 1. The van der Waals surface area contributed by atoms with Gasteiger partial charge in [-0.3, -0.25) is 9.78 Å². The normalized spacial score (nSPS) is 12.8. The second kappa shape index (κ2) is 9.42. The van der Waals surface area contributed by atoms with Crippen LogP contribution >= 0.6 is 0 Å². The highest BCUT2D eigenvalue weighted by molar-refractivity contribution is 6.04. The number of nitrogens with one attached hydrogen (secondary N) is 2. The van der Waals surface area contributed by atoms with Crippen molar-refractivity contribution in [2.45, 2.75) is 32.2 Å². The van der Waals surface area contributed by atoms with Crippen molar-refractivity contribution in [3.05, 3.63) is 95.4 Å². The summed E-state index contributed by atoms with van der Waals surface area (Å²) < 4.78 is 1.40. The zero-order valence-electron chi connectivity index (χ0n) is 19.2.